The molecule has 3 N–H and O–H groups in total. The Bertz CT molecular complexity index is 373. The van der Waals surface area contributed by atoms with Gasteiger partial charge in [-0.25, -0.2) is 0 Å². The van der Waals surface area contributed by atoms with Crippen LogP contribution in [-0.4, -0.2) is 24.5 Å². The highest BCUT2D eigenvalue weighted by atomic mass is 31.2. The van der Waals surface area contributed by atoms with Gasteiger partial charge in [0.25, 0.3) is 5.56 Å². The van der Waals surface area contributed by atoms with E-state index in [1.807, 2.05) is 13.8 Å². The van der Waals surface area contributed by atoms with Crippen LogP contribution < -0.4 is 5.56 Å². The molecule has 0 unspecified atom stereocenters. The second-order valence-electron chi connectivity index (χ2n) is 2.58. The summed E-state index contributed by atoms with van der Waals surface area (Å²) in [6.45, 7) is 5.16. The van der Waals surface area contributed by atoms with Gasteiger partial charge in [0.05, 0.1) is 5.69 Å². The summed E-state index contributed by atoms with van der Waals surface area (Å²) >= 11 is 0. The lowest BCUT2D eigenvalue weighted by atomic mass is 10.4. The smallest absolute Gasteiger partial charge is 0.268 e. The van der Waals surface area contributed by atoms with E-state index in [-0.39, 0.29) is 0 Å². The molecule has 0 saturated heterocycles. The van der Waals surface area contributed by atoms with Gasteiger partial charge in [-0.15, -0.1) is 4.52 Å². The first-order valence-electron chi connectivity index (χ1n) is 4.65. The first-order chi connectivity index (χ1) is 7.38. The molecular weight excluding hydrogens is 235 g/mol. The molecule has 0 spiro atoms. The summed E-state index contributed by atoms with van der Waals surface area (Å²) in [6, 6.07) is 2.77. The molecule has 0 atom stereocenters. The number of aromatic nitrogens is 2. The van der Waals surface area contributed by atoms with Crippen molar-refractivity contribution < 1.29 is 19.2 Å². The van der Waals surface area contributed by atoms with Gasteiger partial charge in [-0.05, 0) is 13.0 Å². The molecule has 16 heavy (non-hydrogen) atoms. The summed E-state index contributed by atoms with van der Waals surface area (Å²) in [5, 5.41) is 3.74. The van der Waals surface area contributed by atoms with Gasteiger partial charge in [0, 0.05) is 6.07 Å². The summed E-state index contributed by atoms with van der Waals surface area (Å²) in [5.74, 6) is 0. The van der Waals surface area contributed by atoms with Crippen molar-refractivity contribution in [3.8, 4) is 0 Å². The van der Waals surface area contributed by atoms with Crippen molar-refractivity contribution in [3.05, 3.63) is 28.2 Å². The molecule has 1 rings (SSSR count). The SMILES string of the molecule is CC.Cc1ccc(=O)n(CO[P+](O)(O)O)n1. The van der Waals surface area contributed by atoms with Crippen molar-refractivity contribution in [1.29, 1.82) is 0 Å². The second kappa shape index (κ2) is 6.67. The molecule has 0 saturated carbocycles. The average Bonchev–Trinajstić information content (AvgIpc) is 2.21. The molecule has 1 heterocycles. The Balaban J connectivity index is 0.00000106. The van der Waals surface area contributed by atoms with Crippen LogP contribution in [-0.2, 0) is 11.3 Å². The fraction of sp³-hybridized carbons (Fsp3) is 0.500. The van der Waals surface area contributed by atoms with Crippen molar-refractivity contribution in [2.75, 3.05) is 0 Å². The fourth-order valence-corrected chi connectivity index (χ4v) is 1.04. The maximum atomic E-state index is 11.1. The molecule has 0 aliphatic carbocycles. The van der Waals surface area contributed by atoms with E-state index in [4.69, 9.17) is 14.7 Å². The predicted molar refractivity (Wildman–Crippen MR) is 59.2 cm³/mol. The Kier molecular flexibility index (Phi) is 6.32. The maximum Gasteiger partial charge on any atom is 0.569 e. The van der Waals surface area contributed by atoms with Crippen molar-refractivity contribution >= 4 is 8.17 Å². The second-order valence-corrected chi connectivity index (χ2v) is 3.87. The van der Waals surface area contributed by atoms with Crippen LogP contribution in [0.15, 0.2) is 16.9 Å². The van der Waals surface area contributed by atoms with Gasteiger partial charge in [0.2, 0.25) is 0 Å². The molecule has 0 radical (unpaired) electrons. The van der Waals surface area contributed by atoms with E-state index in [1.165, 1.54) is 12.1 Å². The summed E-state index contributed by atoms with van der Waals surface area (Å²) in [7, 11) is -4.32. The van der Waals surface area contributed by atoms with Crippen LogP contribution >= 0.6 is 8.17 Å². The maximum absolute atomic E-state index is 11.1. The quantitative estimate of drug-likeness (QED) is 0.663. The first-order valence-corrected chi connectivity index (χ1v) is 6.21. The van der Waals surface area contributed by atoms with Crippen LogP contribution in [0, 0.1) is 6.92 Å². The van der Waals surface area contributed by atoms with Crippen LogP contribution in [0.25, 0.3) is 0 Å². The number of hydrogen-bond acceptors (Lipinski definition) is 6. The van der Waals surface area contributed by atoms with Gasteiger partial charge in [-0.1, -0.05) is 13.8 Å². The van der Waals surface area contributed by atoms with Gasteiger partial charge in [0.1, 0.15) is 0 Å². The normalized spacial score (nSPS) is 10.6. The summed E-state index contributed by atoms with van der Waals surface area (Å²) < 4.78 is 5.10. The molecule has 0 aliphatic rings. The Hall–Kier alpha value is -0.850. The fourth-order valence-electron chi connectivity index (χ4n) is 0.776. The minimum Gasteiger partial charge on any atom is -0.268 e. The zero-order valence-electron chi connectivity index (χ0n) is 9.36. The number of hydrogen-bond donors (Lipinski definition) is 3. The van der Waals surface area contributed by atoms with E-state index < -0.39 is 20.5 Å². The zero-order valence-corrected chi connectivity index (χ0v) is 10.3. The molecule has 0 fully saturated rings. The molecule has 1 aromatic rings. The highest BCUT2D eigenvalue weighted by Gasteiger charge is 2.33. The Morgan fingerprint density at radius 3 is 2.44 bits per heavy atom. The van der Waals surface area contributed by atoms with E-state index in [0.717, 1.165) is 4.68 Å². The molecular formula is C8H16N2O5P+. The highest BCUT2D eigenvalue weighted by Crippen LogP contribution is 2.45. The molecule has 7 nitrogen and oxygen atoms in total. The standard InChI is InChI=1S/C6H10N2O5P.C2H6/c1-5-2-3-6(9)8(7-5)4-13-14(10,11)12;1-2/h2-3,10-12H,4H2,1H3;1-2H3/q+1;. The third-order valence-corrected chi connectivity index (χ3v) is 1.82. The van der Waals surface area contributed by atoms with Gasteiger partial charge < -0.3 is 0 Å². The molecule has 0 aliphatic heterocycles. The van der Waals surface area contributed by atoms with Crippen molar-refractivity contribution in [3.63, 3.8) is 0 Å². The lowest BCUT2D eigenvalue weighted by molar-refractivity contribution is 0.113. The van der Waals surface area contributed by atoms with Crippen LogP contribution in [0.2, 0.25) is 0 Å². The number of rotatable bonds is 3. The average molecular weight is 251 g/mol. The van der Waals surface area contributed by atoms with Crippen molar-refractivity contribution in [2.24, 2.45) is 0 Å². The van der Waals surface area contributed by atoms with Crippen molar-refractivity contribution in [1.82, 2.24) is 9.78 Å². The molecule has 8 heteroatoms. The van der Waals surface area contributed by atoms with E-state index in [2.05, 4.69) is 9.62 Å². The van der Waals surface area contributed by atoms with Gasteiger partial charge >= 0.3 is 8.17 Å². The topological polar surface area (TPSA) is 105 Å². The van der Waals surface area contributed by atoms with Gasteiger partial charge in [0.15, 0.2) is 6.73 Å². The minimum atomic E-state index is -4.32. The van der Waals surface area contributed by atoms with Crippen LogP contribution in [0.4, 0.5) is 0 Å². The predicted octanol–water partition coefficient (Wildman–Crippen LogP) is 0.207. The first kappa shape index (κ1) is 15.2. The molecule has 0 aromatic carbocycles. The Morgan fingerprint density at radius 1 is 1.38 bits per heavy atom. The lowest BCUT2D eigenvalue weighted by Crippen LogP contribution is -2.23. The summed E-state index contributed by atoms with van der Waals surface area (Å²) in [6.07, 6.45) is 0. The van der Waals surface area contributed by atoms with E-state index in [9.17, 15) is 4.79 Å². The third kappa shape index (κ3) is 5.89. The zero-order chi connectivity index (χ0) is 12.8. The molecule has 1 aromatic heterocycles. The molecule has 0 bridgehead atoms. The monoisotopic (exact) mass is 251 g/mol. The Labute approximate surface area is 93.6 Å². The van der Waals surface area contributed by atoms with Gasteiger partial charge in [-0.2, -0.15) is 24.5 Å². The summed E-state index contributed by atoms with van der Waals surface area (Å²) in [4.78, 5) is 36.6. The molecule has 0 amide bonds. The minimum absolute atomic E-state index is 0.455. The van der Waals surface area contributed by atoms with Crippen LogP contribution in [0.5, 0.6) is 0 Å². The molecule has 92 valence electrons. The summed E-state index contributed by atoms with van der Waals surface area (Å²) in [5.41, 5.74) is 0.120. The van der Waals surface area contributed by atoms with E-state index in [0.29, 0.717) is 5.69 Å². The van der Waals surface area contributed by atoms with Crippen molar-refractivity contribution in [2.45, 2.75) is 27.5 Å². The third-order valence-electron chi connectivity index (χ3n) is 1.35. The number of aryl methyl sites for hydroxylation is 1. The van der Waals surface area contributed by atoms with E-state index in [1.54, 1.807) is 6.92 Å². The lowest BCUT2D eigenvalue weighted by Gasteiger charge is -2.04. The van der Waals surface area contributed by atoms with Crippen LogP contribution in [0.1, 0.15) is 19.5 Å². The largest absolute Gasteiger partial charge is 0.569 e. The number of nitrogens with zero attached hydrogens (tertiary/aromatic N) is 2. The van der Waals surface area contributed by atoms with Gasteiger partial charge in [-0.3, -0.25) is 4.79 Å². The van der Waals surface area contributed by atoms with Crippen LogP contribution in [0.3, 0.4) is 0 Å². The van der Waals surface area contributed by atoms with E-state index >= 15 is 0 Å². The highest BCUT2D eigenvalue weighted by molar-refractivity contribution is 7.53. The Morgan fingerprint density at radius 2 is 1.94 bits per heavy atom.